The van der Waals surface area contributed by atoms with Gasteiger partial charge in [-0.2, -0.15) is 4.72 Å². The van der Waals surface area contributed by atoms with Crippen LogP contribution in [-0.4, -0.2) is 35.5 Å². The van der Waals surface area contributed by atoms with Gasteiger partial charge in [0.25, 0.3) is 10.0 Å². The monoisotopic (exact) mass is 451 g/mol. The molecule has 2 aromatic carbocycles. The van der Waals surface area contributed by atoms with Crippen molar-refractivity contribution >= 4 is 38.4 Å². The minimum absolute atomic E-state index is 0.000665. The lowest BCUT2D eigenvalue weighted by atomic mass is 10.2. The number of carboxylic acids is 1. The van der Waals surface area contributed by atoms with E-state index in [0.29, 0.717) is 16.2 Å². The second kappa shape index (κ2) is 8.73. The minimum atomic E-state index is -4.04. The summed E-state index contributed by atoms with van der Waals surface area (Å²) < 4.78 is 27.8. The third-order valence-corrected chi connectivity index (χ3v) is 7.35. The Morgan fingerprint density at radius 3 is 2.55 bits per heavy atom. The highest BCUT2D eigenvalue weighted by atomic mass is 32.2. The molecule has 0 radical (unpaired) electrons. The van der Waals surface area contributed by atoms with E-state index in [4.69, 9.17) is 0 Å². The molecule has 0 aliphatic rings. The second-order valence-corrected chi connectivity index (χ2v) is 9.68. The molecule has 4 aromatic rings. The highest BCUT2D eigenvalue weighted by Gasteiger charge is 2.27. The van der Waals surface area contributed by atoms with Crippen molar-refractivity contribution in [3.8, 4) is 11.8 Å². The van der Waals surface area contributed by atoms with E-state index < -0.39 is 22.0 Å². The molecular formula is C22H17N3O4S2. The first-order chi connectivity index (χ1) is 14.9. The molecule has 0 saturated heterocycles. The van der Waals surface area contributed by atoms with Crippen molar-refractivity contribution in [3.63, 3.8) is 0 Å². The summed E-state index contributed by atoms with van der Waals surface area (Å²) in [6, 6.07) is 18.2. The van der Waals surface area contributed by atoms with Crippen LogP contribution >= 0.6 is 11.3 Å². The number of hydrogen-bond donors (Lipinski definition) is 3. The molecular weight excluding hydrogens is 434 g/mol. The van der Waals surface area contributed by atoms with E-state index in [1.807, 2.05) is 48.5 Å². The van der Waals surface area contributed by atoms with Gasteiger partial charge in [0.05, 0.1) is 15.9 Å². The third-order valence-electron chi connectivity index (χ3n) is 4.38. The summed E-state index contributed by atoms with van der Waals surface area (Å²) in [4.78, 5) is 19.6. The molecule has 0 aliphatic heterocycles. The number of fused-ring (bicyclic) bond motifs is 1. The number of H-pyrrole nitrogens is 1. The van der Waals surface area contributed by atoms with Crippen molar-refractivity contribution in [1.82, 2.24) is 14.7 Å². The van der Waals surface area contributed by atoms with E-state index in [1.54, 1.807) is 12.1 Å². The van der Waals surface area contributed by atoms with Crippen LogP contribution in [0.2, 0.25) is 0 Å². The van der Waals surface area contributed by atoms with Crippen LogP contribution in [0.3, 0.4) is 0 Å². The van der Waals surface area contributed by atoms with Crippen LogP contribution in [0.15, 0.2) is 70.9 Å². The average molecular weight is 452 g/mol. The number of benzene rings is 2. The summed E-state index contributed by atoms with van der Waals surface area (Å²) in [6.07, 6.45) is -0.116. The van der Waals surface area contributed by atoms with Gasteiger partial charge >= 0.3 is 5.97 Å². The molecule has 31 heavy (non-hydrogen) atoms. The Kier molecular flexibility index (Phi) is 5.86. The Bertz CT molecular complexity index is 1360. The highest BCUT2D eigenvalue weighted by Crippen LogP contribution is 2.22. The molecule has 1 unspecified atom stereocenters. The standard InChI is InChI=1S/C22H17N3O4S2/c26-22(27)19(14-20-23-17-8-4-5-9-18(17)24-20)25-31(28,29)21-13-12-16(30-21)11-10-15-6-2-1-3-7-15/h1-9,12-13,19,25H,14H2,(H,23,24)(H,26,27). The Labute approximate surface area is 182 Å². The zero-order valence-electron chi connectivity index (χ0n) is 16.1. The van der Waals surface area contributed by atoms with E-state index in [2.05, 4.69) is 26.5 Å². The van der Waals surface area contributed by atoms with E-state index in [9.17, 15) is 18.3 Å². The number of sulfonamides is 1. The Morgan fingerprint density at radius 2 is 1.81 bits per heavy atom. The third kappa shape index (κ3) is 5.00. The lowest BCUT2D eigenvalue weighted by molar-refractivity contribution is -0.138. The van der Waals surface area contributed by atoms with Gasteiger partial charge in [-0.1, -0.05) is 42.2 Å². The molecule has 1 atom stereocenters. The molecule has 9 heteroatoms. The van der Waals surface area contributed by atoms with E-state index in [-0.39, 0.29) is 10.6 Å². The first kappa shape index (κ1) is 20.8. The molecule has 0 amide bonds. The number of aromatic nitrogens is 2. The summed E-state index contributed by atoms with van der Waals surface area (Å²) in [6.45, 7) is 0. The highest BCUT2D eigenvalue weighted by molar-refractivity contribution is 7.91. The van der Waals surface area contributed by atoms with Gasteiger partial charge in [-0.25, -0.2) is 13.4 Å². The fourth-order valence-electron chi connectivity index (χ4n) is 2.91. The lowest BCUT2D eigenvalue weighted by Gasteiger charge is -2.12. The quantitative estimate of drug-likeness (QED) is 0.390. The van der Waals surface area contributed by atoms with Gasteiger partial charge < -0.3 is 10.1 Å². The summed E-state index contributed by atoms with van der Waals surface area (Å²) in [5.41, 5.74) is 2.25. The van der Waals surface area contributed by atoms with E-state index in [1.165, 1.54) is 6.07 Å². The molecule has 2 heterocycles. The first-order valence-corrected chi connectivity index (χ1v) is 11.6. The largest absolute Gasteiger partial charge is 0.480 e. The summed E-state index contributed by atoms with van der Waals surface area (Å²) in [5, 5.41) is 9.55. The number of carbonyl (C=O) groups is 1. The van der Waals surface area contributed by atoms with E-state index in [0.717, 1.165) is 22.4 Å². The van der Waals surface area contributed by atoms with Crippen molar-refractivity contribution in [2.24, 2.45) is 0 Å². The van der Waals surface area contributed by atoms with Crippen LogP contribution in [0.25, 0.3) is 11.0 Å². The maximum absolute atomic E-state index is 12.8. The second-order valence-electron chi connectivity index (χ2n) is 6.65. The van der Waals surface area contributed by atoms with Gasteiger partial charge in [0.2, 0.25) is 0 Å². The van der Waals surface area contributed by atoms with Crippen LogP contribution in [0, 0.1) is 11.8 Å². The Hall–Kier alpha value is -3.45. The average Bonchev–Trinajstić information content (AvgIpc) is 3.39. The maximum Gasteiger partial charge on any atom is 0.322 e. The van der Waals surface area contributed by atoms with Gasteiger partial charge in [0.15, 0.2) is 0 Å². The van der Waals surface area contributed by atoms with Crippen molar-refractivity contribution in [2.45, 2.75) is 16.7 Å². The lowest BCUT2D eigenvalue weighted by Crippen LogP contribution is -2.42. The normalized spacial score (nSPS) is 12.3. The van der Waals surface area contributed by atoms with Gasteiger partial charge in [-0.05, 0) is 36.4 Å². The number of thiophene rings is 1. The zero-order chi connectivity index (χ0) is 21.8. The number of para-hydroxylation sites is 2. The predicted molar refractivity (Wildman–Crippen MR) is 118 cm³/mol. The van der Waals surface area contributed by atoms with Crippen molar-refractivity contribution in [3.05, 3.63) is 83.0 Å². The molecule has 0 fully saturated rings. The Morgan fingerprint density at radius 1 is 1.06 bits per heavy atom. The molecule has 7 nitrogen and oxygen atoms in total. The Balaban J connectivity index is 1.51. The number of nitrogens with zero attached hydrogens (tertiary/aromatic N) is 1. The number of carboxylic acid groups (broad SMARTS) is 1. The number of imidazole rings is 1. The fourth-order valence-corrected chi connectivity index (χ4v) is 5.27. The SMILES string of the molecule is O=C(O)C(Cc1nc2ccccc2[nH]1)NS(=O)(=O)c1ccc(C#Cc2ccccc2)s1. The number of hydrogen-bond acceptors (Lipinski definition) is 5. The molecule has 3 N–H and O–H groups in total. The fraction of sp³-hybridized carbons (Fsp3) is 0.0909. The summed E-state index contributed by atoms with van der Waals surface area (Å²) in [7, 11) is -4.04. The molecule has 0 spiro atoms. The number of aliphatic carboxylic acids is 1. The maximum atomic E-state index is 12.8. The van der Waals surface area contributed by atoms with Crippen molar-refractivity contribution in [2.75, 3.05) is 0 Å². The first-order valence-electron chi connectivity index (χ1n) is 9.26. The molecule has 0 saturated carbocycles. The van der Waals surface area contributed by atoms with Crippen molar-refractivity contribution in [1.29, 1.82) is 0 Å². The number of aromatic amines is 1. The van der Waals surface area contributed by atoms with Crippen LogP contribution < -0.4 is 4.72 Å². The van der Waals surface area contributed by atoms with Crippen LogP contribution in [0.1, 0.15) is 16.3 Å². The van der Waals surface area contributed by atoms with Gasteiger partial charge in [0, 0.05) is 12.0 Å². The van der Waals surface area contributed by atoms with Crippen LogP contribution in [0.4, 0.5) is 0 Å². The smallest absolute Gasteiger partial charge is 0.322 e. The molecule has 2 aromatic heterocycles. The zero-order valence-corrected chi connectivity index (χ0v) is 17.7. The van der Waals surface area contributed by atoms with Gasteiger partial charge in [-0.15, -0.1) is 11.3 Å². The van der Waals surface area contributed by atoms with Crippen molar-refractivity contribution < 1.29 is 18.3 Å². The van der Waals surface area contributed by atoms with E-state index >= 15 is 0 Å². The molecule has 0 aliphatic carbocycles. The number of rotatable bonds is 6. The van der Waals surface area contributed by atoms with Gasteiger partial charge in [0.1, 0.15) is 16.1 Å². The predicted octanol–water partition coefficient (Wildman–Crippen LogP) is 3.00. The topological polar surface area (TPSA) is 112 Å². The summed E-state index contributed by atoms with van der Waals surface area (Å²) in [5.74, 6) is 5.00. The van der Waals surface area contributed by atoms with Crippen LogP contribution in [0.5, 0.6) is 0 Å². The number of nitrogens with one attached hydrogen (secondary N) is 2. The molecule has 0 bridgehead atoms. The summed E-state index contributed by atoms with van der Waals surface area (Å²) >= 11 is 0.982. The minimum Gasteiger partial charge on any atom is -0.480 e. The molecule has 156 valence electrons. The molecule has 4 rings (SSSR count). The van der Waals surface area contributed by atoms with Crippen LogP contribution in [-0.2, 0) is 21.2 Å². The van der Waals surface area contributed by atoms with Gasteiger partial charge in [-0.3, -0.25) is 4.79 Å².